The minimum Gasteiger partial charge on any atom is -0.478 e. The number of benzene rings is 1. The Hall–Kier alpha value is -1.59. The number of hydrogen-bond donors (Lipinski definition) is 2. The first kappa shape index (κ1) is 12.9. The quantitative estimate of drug-likeness (QED) is 0.867. The van der Waals surface area contributed by atoms with Crippen LogP contribution in [0.4, 0.5) is 5.69 Å². The highest BCUT2D eigenvalue weighted by Crippen LogP contribution is 2.30. The molecule has 18 heavy (non-hydrogen) atoms. The van der Waals surface area contributed by atoms with Crippen LogP contribution in [0.1, 0.15) is 16.8 Å². The van der Waals surface area contributed by atoms with Gasteiger partial charge in [0, 0.05) is 18.0 Å². The molecular formula is C12H13ClN2O3. The van der Waals surface area contributed by atoms with Crippen molar-refractivity contribution < 1.29 is 14.7 Å². The summed E-state index contributed by atoms with van der Waals surface area (Å²) in [5.41, 5.74) is 5.96. The van der Waals surface area contributed by atoms with Crippen LogP contribution in [0.2, 0.25) is 5.02 Å². The van der Waals surface area contributed by atoms with Crippen LogP contribution in [0.25, 0.3) is 0 Å². The van der Waals surface area contributed by atoms with Crippen LogP contribution in [0.3, 0.4) is 0 Å². The van der Waals surface area contributed by atoms with E-state index in [2.05, 4.69) is 0 Å². The Morgan fingerprint density at radius 3 is 2.83 bits per heavy atom. The molecule has 1 aliphatic heterocycles. The molecule has 0 spiro atoms. The molecule has 0 saturated carbocycles. The van der Waals surface area contributed by atoms with Crippen molar-refractivity contribution in [3.63, 3.8) is 0 Å². The van der Waals surface area contributed by atoms with Gasteiger partial charge in [-0.2, -0.15) is 0 Å². The summed E-state index contributed by atoms with van der Waals surface area (Å²) in [7, 11) is 0. The van der Waals surface area contributed by atoms with Crippen LogP contribution in [0, 0.1) is 5.92 Å². The normalized spacial score (nSPS) is 19.3. The van der Waals surface area contributed by atoms with Gasteiger partial charge >= 0.3 is 5.97 Å². The Morgan fingerprint density at radius 2 is 2.28 bits per heavy atom. The molecular weight excluding hydrogens is 256 g/mol. The lowest BCUT2D eigenvalue weighted by Gasteiger charge is -2.19. The maximum absolute atomic E-state index is 11.9. The van der Waals surface area contributed by atoms with Gasteiger partial charge in [0.1, 0.15) is 0 Å². The second kappa shape index (κ2) is 4.96. The summed E-state index contributed by atoms with van der Waals surface area (Å²) < 4.78 is 0. The molecule has 1 heterocycles. The molecule has 0 aromatic heterocycles. The van der Waals surface area contributed by atoms with Crippen molar-refractivity contribution in [2.24, 2.45) is 11.7 Å². The number of carbonyl (C=O) groups excluding carboxylic acids is 1. The van der Waals surface area contributed by atoms with Gasteiger partial charge in [-0.3, -0.25) is 4.79 Å². The number of nitrogens with zero attached hydrogens (tertiary/aromatic N) is 1. The molecule has 1 unspecified atom stereocenters. The van der Waals surface area contributed by atoms with E-state index in [1.807, 2.05) is 0 Å². The fourth-order valence-electron chi connectivity index (χ4n) is 2.08. The van der Waals surface area contributed by atoms with Crippen LogP contribution >= 0.6 is 11.6 Å². The van der Waals surface area contributed by atoms with Crippen LogP contribution in [0.15, 0.2) is 18.2 Å². The number of amides is 1. The molecule has 96 valence electrons. The van der Waals surface area contributed by atoms with E-state index in [-0.39, 0.29) is 17.4 Å². The standard InChI is InChI=1S/C12H13ClN2O3/c13-8-1-2-9(12(17)18)10(4-8)15-6-7(5-14)3-11(15)16/h1-2,4,7H,3,5-6,14H2,(H,17,18). The third kappa shape index (κ3) is 2.32. The monoisotopic (exact) mass is 268 g/mol. The highest BCUT2D eigenvalue weighted by molar-refractivity contribution is 6.31. The van der Waals surface area contributed by atoms with Gasteiger partial charge in [-0.15, -0.1) is 0 Å². The highest BCUT2D eigenvalue weighted by Gasteiger charge is 2.32. The van der Waals surface area contributed by atoms with Crippen molar-refractivity contribution in [3.05, 3.63) is 28.8 Å². The van der Waals surface area contributed by atoms with E-state index in [0.717, 1.165) is 0 Å². The average molecular weight is 269 g/mol. The van der Waals surface area contributed by atoms with Crippen LogP contribution in [-0.4, -0.2) is 30.1 Å². The van der Waals surface area contributed by atoms with Gasteiger partial charge in [-0.25, -0.2) is 4.79 Å². The van der Waals surface area contributed by atoms with Crippen LogP contribution in [-0.2, 0) is 4.79 Å². The summed E-state index contributed by atoms with van der Waals surface area (Å²) in [4.78, 5) is 24.5. The van der Waals surface area contributed by atoms with Gasteiger partial charge in [0.25, 0.3) is 0 Å². The number of aromatic carboxylic acids is 1. The molecule has 1 saturated heterocycles. The molecule has 0 radical (unpaired) electrons. The predicted molar refractivity (Wildman–Crippen MR) is 67.9 cm³/mol. The van der Waals surface area contributed by atoms with Crippen molar-refractivity contribution in [1.29, 1.82) is 0 Å². The highest BCUT2D eigenvalue weighted by atomic mass is 35.5. The smallest absolute Gasteiger partial charge is 0.337 e. The lowest BCUT2D eigenvalue weighted by Crippen LogP contribution is -2.27. The number of carbonyl (C=O) groups is 2. The SMILES string of the molecule is NCC1CC(=O)N(c2cc(Cl)ccc2C(=O)O)C1. The number of halogens is 1. The molecule has 1 fully saturated rings. The molecule has 1 aliphatic rings. The van der Waals surface area contributed by atoms with Crippen LogP contribution < -0.4 is 10.6 Å². The number of nitrogens with two attached hydrogens (primary N) is 1. The summed E-state index contributed by atoms with van der Waals surface area (Å²) in [6, 6.07) is 4.40. The molecule has 5 nitrogen and oxygen atoms in total. The van der Waals surface area contributed by atoms with Crippen molar-refractivity contribution in [1.82, 2.24) is 0 Å². The number of hydrogen-bond acceptors (Lipinski definition) is 3. The minimum atomic E-state index is -1.08. The summed E-state index contributed by atoms with van der Waals surface area (Å²) in [6.45, 7) is 0.848. The molecule has 6 heteroatoms. The predicted octanol–water partition coefficient (Wildman–Crippen LogP) is 1.35. The number of rotatable bonds is 3. The summed E-state index contributed by atoms with van der Waals surface area (Å²) >= 11 is 5.86. The third-order valence-electron chi connectivity index (χ3n) is 3.02. The van der Waals surface area contributed by atoms with Crippen molar-refractivity contribution in [3.8, 4) is 0 Å². The fourth-order valence-corrected chi connectivity index (χ4v) is 2.25. The zero-order valence-electron chi connectivity index (χ0n) is 9.60. The van der Waals surface area contributed by atoms with Crippen LogP contribution in [0.5, 0.6) is 0 Å². The fraction of sp³-hybridized carbons (Fsp3) is 0.333. The minimum absolute atomic E-state index is 0.0677. The van der Waals surface area contributed by atoms with E-state index in [9.17, 15) is 9.59 Å². The summed E-state index contributed by atoms with van der Waals surface area (Å²) in [5, 5.41) is 9.52. The summed E-state index contributed by atoms with van der Waals surface area (Å²) in [5.74, 6) is -1.13. The largest absolute Gasteiger partial charge is 0.478 e. The first-order valence-electron chi connectivity index (χ1n) is 5.56. The zero-order chi connectivity index (χ0) is 13.3. The molecule has 1 aromatic rings. The Morgan fingerprint density at radius 1 is 1.56 bits per heavy atom. The van der Waals surface area contributed by atoms with Gasteiger partial charge in [-0.1, -0.05) is 11.6 Å². The number of carboxylic acids is 1. The molecule has 0 bridgehead atoms. The van der Waals surface area contributed by atoms with Crippen molar-refractivity contribution in [2.45, 2.75) is 6.42 Å². The van der Waals surface area contributed by atoms with Gasteiger partial charge in [0.15, 0.2) is 0 Å². The molecule has 1 aromatic carbocycles. The Balaban J connectivity index is 2.41. The Kier molecular flexibility index (Phi) is 3.54. The number of carboxylic acid groups (broad SMARTS) is 1. The maximum atomic E-state index is 11.9. The lowest BCUT2D eigenvalue weighted by atomic mass is 10.1. The molecule has 0 aliphatic carbocycles. The van der Waals surface area contributed by atoms with E-state index in [1.165, 1.54) is 23.1 Å². The lowest BCUT2D eigenvalue weighted by molar-refractivity contribution is -0.117. The van der Waals surface area contributed by atoms with E-state index >= 15 is 0 Å². The summed E-state index contributed by atoms with van der Waals surface area (Å²) in [6.07, 6.45) is 0.349. The van der Waals surface area contributed by atoms with Crippen molar-refractivity contribution >= 4 is 29.2 Å². The van der Waals surface area contributed by atoms with Gasteiger partial charge in [0.2, 0.25) is 5.91 Å². The first-order valence-corrected chi connectivity index (χ1v) is 5.94. The maximum Gasteiger partial charge on any atom is 0.337 e. The second-order valence-corrected chi connectivity index (χ2v) is 4.71. The van der Waals surface area contributed by atoms with Crippen molar-refractivity contribution in [2.75, 3.05) is 18.0 Å². The molecule has 2 rings (SSSR count). The molecule has 3 N–H and O–H groups in total. The van der Waals surface area contributed by atoms with E-state index in [4.69, 9.17) is 22.4 Å². The van der Waals surface area contributed by atoms with Gasteiger partial charge < -0.3 is 15.7 Å². The zero-order valence-corrected chi connectivity index (χ0v) is 10.4. The van der Waals surface area contributed by atoms with Gasteiger partial charge in [0.05, 0.1) is 11.3 Å². The Labute approximate surface area is 109 Å². The average Bonchev–Trinajstić information content (AvgIpc) is 2.70. The topological polar surface area (TPSA) is 83.6 Å². The first-order chi connectivity index (χ1) is 8.52. The Bertz CT molecular complexity index is 504. The third-order valence-corrected chi connectivity index (χ3v) is 3.25. The van der Waals surface area contributed by atoms with E-state index in [0.29, 0.717) is 30.2 Å². The van der Waals surface area contributed by atoms with Gasteiger partial charge in [-0.05, 0) is 30.7 Å². The number of anilines is 1. The van der Waals surface area contributed by atoms with E-state index < -0.39 is 5.97 Å². The molecule has 1 atom stereocenters. The van der Waals surface area contributed by atoms with E-state index in [1.54, 1.807) is 0 Å². The second-order valence-electron chi connectivity index (χ2n) is 4.28. The molecule has 1 amide bonds.